The van der Waals surface area contributed by atoms with Crippen LogP contribution in [0.2, 0.25) is 0 Å². The highest BCUT2D eigenvalue weighted by molar-refractivity contribution is 5.83. The first kappa shape index (κ1) is 18.2. The molecule has 1 saturated carbocycles. The summed E-state index contributed by atoms with van der Waals surface area (Å²) in [6.45, 7) is 2.47. The average Bonchev–Trinajstić information content (AvgIpc) is 3.33. The maximum atomic E-state index is 14.7. The molecule has 2 bridgehead atoms. The summed E-state index contributed by atoms with van der Waals surface area (Å²) in [4.78, 5) is 18.0. The number of rotatable bonds is 3. The van der Waals surface area contributed by atoms with Crippen molar-refractivity contribution >= 4 is 5.91 Å². The minimum absolute atomic E-state index is 0.0938. The van der Waals surface area contributed by atoms with Crippen molar-refractivity contribution in [2.45, 2.75) is 62.2 Å². The second-order valence-corrected chi connectivity index (χ2v) is 9.62. The average molecular weight is 402 g/mol. The minimum atomic E-state index is -0.797. The van der Waals surface area contributed by atoms with Crippen molar-refractivity contribution in [2.24, 2.45) is 11.8 Å². The van der Waals surface area contributed by atoms with Gasteiger partial charge in [-0.2, -0.15) is 0 Å². The summed E-state index contributed by atoms with van der Waals surface area (Å²) in [6.07, 6.45) is 5.48. The molecule has 5 aliphatic heterocycles. The molecule has 1 aromatic carbocycles. The number of hydrazine groups is 1. The van der Waals surface area contributed by atoms with E-state index in [2.05, 4.69) is 15.8 Å². The molecule has 7 rings (SSSR count). The van der Waals surface area contributed by atoms with Crippen LogP contribution in [0.4, 0.5) is 8.78 Å². The SMILES string of the molecule is O=C(C1CC(C2CC2)NN1)N1C[C@H](c2cccc(F)c2F)[C@H]2[C@@H]1C1CCN2CC1. The summed E-state index contributed by atoms with van der Waals surface area (Å²) < 4.78 is 28.7. The van der Waals surface area contributed by atoms with E-state index in [0.29, 0.717) is 30.0 Å². The molecule has 1 aromatic rings. The number of likely N-dealkylation sites (tertiary alicyclic amines) is 1. The van der Waals surface area contributed by atoms with Crippen molar-refractivity contribution in [3.8, 4) is 0 Å². The van der Waals surface area contributed by atoms with Crippen LogP contribution in [0.5, 0.6) is 0 Å². The van der Waals surface area contributed by atoms with Crippen LogP contribution in [0, 0.1) is 23.5 Å². The molecule has 29 heavy (non-hydrogen) atoms. The van der Waals surface area contributed by atoms with Gasteiger partial charge in [-0.25, -0.2) is 14.2 Å². The molecule has 0 spiro atoms. The number of halogens is 2. The van der Waals surface area contributed by atoms with Crippen LogP contribution in [0.1, 0.15) is 43.6 Å². The molecule has 6 fully saturated rings. The Morgan fingerprint density at radius 3 is 2.55 bits per heavy atom. The number of piperidine rings is 3. The lowest BCUT2D eigenvalue weighted by molar-refractivity contribution is -0.138. The number of carbonyl (C=O) groups is 1. The Bertz CT molecular complexity index is 823. The van der Waals surface area contributed by atoms with E-state index in [1.54, 1.807) is 12.1 Å². The lowest BCUT2D eigenvalue weighted by atomic mass is 9.75. The molecule has 0 aromatic heterocycles. The monoisotopic (exact) mass is 402 g/mol. The smallest absolute Gasteiger partial charge is 0.241 e. The van der Waals surface area contributed by atoms with Gasteiger partial charge in [0.2, 0.25) is 5.91 Å². The number of benzene rings is 1. The first-order chi connectivity index (χ1) is 14.1. The van der Waals surface area contributed by atoms with Crippen molar-refractivity contribution in [1.29, 1.82) is 0 Å². The Kier molecular flexibility index (Phi) is 4.22. The molecule has 156 valence electrons. The van der Waals surface area contributed by atoms with Gasteiger partial charge in [0.25, 0.3) is 0 Å². The van der Waals surface area contributed by atoms with E-state index in [4.69, 9.17) is 0 Å². The molecule has 7 heteroatoms. The summed E-state index contributed by atoms with van der Waals surface area (Å²) in [5.74, 6) is -0.432. The highest BCUT2D eigenvalue weighted by Crippen LogP contribution is 2.47. The van der Waals surface area contributed by atoms with Gasteiger partial charge in [0, 0.05) is 24.5 Å². The summed E-state index contributed by atoms with van der Waals surface area (Å²) in [7, 11) is 0. The molecule has 1 aliphatic carbocycles. The maximum absolute atomic E-state index is 14.7. The summed E-state index contributed by atoms with van der Waals surface area (Å²) in [6, 6.07) is 4.84. The molecular formula is C22H28F2N4O. The summed E-state index contributed by atoms with van der Waals surface area (Å²) >= 11 is 0. The predicted octanol–water partition coefficient (Wildman–Crippen LogP) is 2.00. The van der Waals surface area contributed by atoms with Crippen LogP contribution in [0.15, 0.2) is 18.2 Å². The molecule has 0 radical (unpaired) electrons. The fraction of sp³-hybridized carbons (Fsp3) is 0.682. The lowest BCUT2D eigenvalue weighted by Gasteiger charge is -2.51. The molecule has 5 saturated heterocycles. The quantitative estimate of drug-likeness (QED) is 0.812. The maximum Gasteiger partial charge on any atom is 0.241 e. The number of nitrogens with zero attached hydrogens (tertiary/aromatic N) is 2. The number of hydrogen-bond acceptors (Lipinski definition) is 4. The predicted molar refractivity (Wildman–Crippen MR) is 104 cm³/mol. The third kappa shape index (κ3) is 2.85. The van der Waals surface area contributed by atoms with Crippen molar-refractivity contribution in [1.82, 2.24) is 20.7 Å². The third-order valence-corrected chi connectivity index (χ3v) is 8.08. The highest BCUT2D eigenvalue weighted by atomic mass is 19.2. The molecule has 5 heterocycles. The van der Waals surface area contributed by atoms with Crippen LogP contribution in [0.3, 0.4) is 0 Å². The number of hydrogen-bond donors (Lipinski definition) is 2. The molecule has 1 amide bonds. The lowest BCUT2D eigenvalue weighted by Crippen LogP contribution is -2.62. The van der Waals surface area contributed by atoms with Crippen LogP contribution < -0.4 is 10.9 Å². The summed E-state index contributed by atoms with van der Waals surface area (Å²) in [5, 5.41) is 0. The molecule has 5 nitrogen and oxygen atoms in total. The standard InChI is InChI=1S/C22H28F2N4O/c23-16-3-1-2-14(19(16)24)15-11-28(20-13-6-8-27(9-7-13)21(15)20)22(29)18-10-17(25-26-18)12-4-5-12/h1-3,12-13,15,17-18,20-21,25-26H,4-11H2/t15-,17?,18?,20+,21+/m1/s1. The zero-order valence-corrected chi connectivity index (χ0v) is 16.5. The largest absolute Gasteiger partial charge is 0.336 e. The van der Waals surface area contributed by atoms with Crippen LogP contribution >= 0.6 is 0 Å². The van der Waals surface area contributed by atoms with E-state index < -0.39 is 11.6 Å². The van der Waals surface area contributed by atoms with Crippen molar-refractivity contribution < 1.29 is 13.6 Å². The van der Waals surface area contributed by atoms with E-state index in [-0.39, 0.29) is 30.0 Å². The zero-order chi connectivity index (χ0) is 19.7. The molecule has 6 aliphatic rings. The van der Waals surface area contributed by atoms with Gasteiger partial charge >= 0.3 is 0 Å². The Morgan fingerprint density at radius 1 is 1.00 bits per heavy atom. The van der Waals surface area contributed by atoms with E-state index in [1.165, 1.54) is 18.9 Å². The minimum Gasteiger partial charge on any atom is -0.336 e. The molecule has 2 unspecified atom stereocenters. The topological polar surface area (TPSA) is 47.6 Å². The van der Waals surface area contributed by atoms with Crippen molar-refractivity contribution in [2.75, 3.05) is 19.6 Å². The van der Waals surface area contributed by atoms with Gasteiger partial charge in [-0.1, -0.05) is 12.1 Å². The van der Waals surface area contributed by atoms with E-state index in [9.17, 15) is 13.6 Å². The fourth-order valence-electron chi connectivity index (χ4n) is 6.50. The van der Waals surface area contributed by atoms with E-state index in [1.807, 2.05) is 4.90 Å². The van der Waals surface area contributed by atoms with Gasteiger partial charge in [-0.3, -0.25) is 15.1 Å². The second kappa shape index (κ2) is 6.72. The van der Waals surface area contributed by atoms with Gasteiger partial charge in [-0.15, -0.1) is 0 Å². The van der Waals surface area contributed by atoms with E-state index >= 15 is 0 Å². The first-order valence-corrected chi connectivity index (χ1v) is 11.1. The van der Waals surface area contributed by atoms with Crippen LogP contribution in [-0.2, 0) is 4.79 Å². The second-order valence-electron chi connectivity index (χ2n) is 9.62. The number of fused-ring (bicyclic) bond motifs is 2. The fourth-order valence-corrected chi connectivity index (χ4v) is 6.50. The van der Waals surface area contributed by atoms with E-state index in [0.717, 1.165) is 32.4 Å². The normalized spacial score (nSPS) is 41.0. The van der Waals surface area contributed by atoms with Crippen LogP contribution in [0.25, 0.3) is 0 Å². The molecule has 5 atom stereocenters. The van der Waals surface area contributed by atoms with Gasteiger partial charge in [0.15, 0.2) is 11.6 Å². The van der Waals surface area contributed by atoms with Crippen molar-refractivity contribution in [3.63, 3.8) is 0 Å². The zero-order valence-electron chi connectivity index (χ0n) is 16.5. The number of nitrogens with one attached hydrogen (secondary N) is 2. The van der Waals surface area contributed by atoms with Gasteiger partial charge in [-0.05, 0) is 68.7 Å². The number of carbonyl (C=O) groups excluding carboxylic acids is 1. The van der Waals surface area contributed by atoms with Gasteiger partial charge in [0.1, 0.15) is 6.04 Å². The van der Waals surface area contributed by atoms with Gasteiger partial charge in [0.05, 0.1) is 6.04 Å². The Labute approximate surface area is 169 Å². The summed E-state index contributed by atoms with van der Waals surface area (Å²) in [5.41, 5.74) is 6.98. The third-order valence-electron chi connectivity index (χ3n) is 8.08. The highest BCUT2D eigenvalue weighted by Gasteiger charge is 2.56. The first-order valence-electron chi connectivity index (χ1n) is 11.1. The molecule has 2 N–H and O–H groups in total. The Hall–Kier alpha value is -1.57. The van der Waals surface area contributed by atoms with Crippen molar-refractivity contribution in [3.05, 3.63) is 35.4 Å². The number of amides is 1. The Balaban J connectivity index is 1.31. The Morgan fingerprint density at radius 2 is 1.79 bits per heavy atom. The van der Waals surface area contributed by atoms with Gasteiger partial charge < -0.3 is 4.90 Å². The van der Waals surface area contributed by atoms with Crippen LogP contribution in [-0.4, -0.2) is 59.5 Å². The molecular weight excluding hydrogens is 374 g/mol.